The van der Waals surface area contributed by atoms with Crippen LogP contribution in [0.15, 0.2) is 64.2 Å². The van der Waals surface area contributed by atoms with Crippen LogP contribution in [0.3, 0.4) is 0 Å². The number of rotatable bonds is 7. The molecule has 0 saturated heterocycles. The first-order valence-corrected chi connectivity index (χ1v) is 9.41. The van der Waals surface area contributed by atoms with Gasteiger partial charge in [0.25, 0.3) is 0 Å². The van der Waals surface area contributed by atoms with Crippen LogP contribution in [-0.2, 0) is 19.4 Å². The van der Waals surface area contributed by atoms with Crippen LogP contribution in [0.1, 0.15) is 23.7 Å². The van der Waals surface area contributed by atoms with Crippen LogP contribution in [0.4, 0.5) is 4.39 Å². The fraction of sp³-hybridized carbons (Fsp3) is 0.273. The highest BCUT2D eigenvalue weighted by Gasteiger charge is 2.07. The minimum Gasteiger partial charge on any atom is -0.444 e. The number of hydrogen-bond acceptors (Lipinski definition) is 3. The minimum absolute atomic E-state index is 0.278. The number of halogens is 1. The maximum atomic E-state index is 13.0. The van der Waals surface area contributed by atoms with E-state index in [9.17, 15) is 4.39 Å². The van der Waals surface area contributed by atoms with Gasteiger partial charge < -0.3 is 15.1 Å². The standard InChI is InChI=1S/C22H25FN4O/c1-3-16-6-4-5-7-18(16)14-26-22(24-2)25-13-12-20-15-28-21(27-20)17-8-10-19(23)11-9-17/h4-11,15H,3,12-14H2,1-2H3,(H2,24,25,26). The van der Waals surface area contributed by atoms with Crippen molar-refractivity contribution in [3.05, 3.63) is 77.4 Å². The predicted molar refractivity (Wildman–Crippen MR) is 110 cm³/mol. The molecule has 5 nitrogen and oxygen atoms in total. The lowest BCUT2D eigenvalue weighted by atomic mass is 10.1. The normalized spacial score (nSPS) is 11.5. The molecule has 2 N–H and O–H groups in total. The molecule has 0 bridgehead atoms. The van der Waals surface area contributed by atoms with Crippen LogP contribution >= 0.6 is 0 Å². The Morgan fingerprint density at radius 2 is 1.82 bits per heavy atom. The van der Waals surface area contributed by atoms with E-state index < -0.39 is 0 Å². The summed E-state index contributed by atoms with van der Waals surface area (Å²) in [7, 11) is 1.75. The molecule has 0 aliphatic carbocycles. The first-order valence-electron chi connectivity index (χ1n) is 9.41. The Morgan fingerprint density at radius 3 is 2.54 bits per heavy atom. The molecule has 1 heterocycles. The predicted octanol–water partition coefficient (Wildman–Crippen LogP) is 3.95. The van der Waals surface area contributed by atoms with E-state index in [0.717, 1.165) is 30.2 Å². The zero-order chi connectivity index (χ0) is 19.8. The van der Waals surface area contributed by atoms with Crippen LogP contribution in [-0.4, -0.2) is 24.5 Å². The molecule has 0 atom stereocenters. The third kappa shape index (κ3) is 5.19. The Hall–Kier alpha value is -3.15. The van der Waals surface area contributed by atoms with Gasteiger partial charge in [0.15, 0.2) is 5.96 Å². The summed E-state index contributed by atoms with van der Waals surface area (Å²) >= 11 is 0. The third-order valence-corrected chi connectivity index (χ3v) is 4.49. The minimum atomic E-state index is -0.278. The summed E-state index contributed by atoms with van der Waals surface area (Å²) < 4.78 is 18.5. The molecule has 2 aromatic carbocycles. The lowest BCUT2D eigenvalue weighted by Gasteiger charge is -2.13. The molecule has 0 aliphatic heterocycles. The van der Waals surface area contributed by atoms with E-state index in [1.807, 2.05) is 0 Å². The average molecular weight is 380 g/mol. The smallest absolute Gasteiger partial charge is 0.226 e. The topological polar surface area (TPSA) is 62.5 Å². The van der Waals surface area contributed by atoms with Crippen molar-refractivity contribution in [3.8, 4) is 11.5 Å². The Morgan fingerprint density at radius 1 is 1.07 bits per heavy atom. The van der Waals surface area contributed by atoms with Gasteiger partial charge in [-0.3, -0.25) is 4.99 Å². The van der Waals surface area contributed by atoms with Gasteiger partial charge >= 0.3 is 0 Å². The van der Waals surface area contributed by atoms with E-state index in [-0.39, 0.29) is 5.82 Å². The van der Waals surface area contributed by atoms with Crippen LogP contribution in [0.2, 0.25) is 0 Å². The van der Waals surface area contributed by atoms with Gasteiger partial charge in [0.05, 0.1) is 5.69 Å². The molecule has 0 aliphatic rings. The molecule has 3 rings (SSSR count). The first-order chi connectivity index (χ1) is 13.7. The van der Waals surface area contributed by atoms with Gasteiger partial charge in [0, 0.05) is 32.1 Å². The summed E-state index contributed by atoms with van der Waals surface area (Å²) in [6.07, 6.45) is 3.33. The maximum absolute atomic E-state index is 13.0. The van der Waals surface area contributed by atoms with Gasteiger partial charge in [-0.05, 0) is 41.8 Å². The van der Waals surface area contributed by atoms with Crippen molar-refractivity contribution in [1.29, 1.82) is 0 Å². The fourth-order valence-electron chi connectivity index (χ4n) is 2.93. The second-order valence-electron chi connectivity index (χ2n) is 6.38. The number of guanidine groups is 1. The number of aryl methyl sites for hydroxylation is 1. The summed E-state index contributed by atoms with van der Waals surface area (Å²) in [5.41, 5.74) is 4.20. The molecule has 0 spiro atoms. The maximum Gasteiger partial charge on any atom is 0.226 e. The molecule has 0 fully saturated rings. The molecule has 0 radical (unpaired) electrons. The largest absolute Gasteiger partial charge is 0.444 e. The van der Waals surface area contributed by atoms with Gasteiger partial charge in [0.2, 0.25) is 5.89 Å². The van der Waals surface area contributed by atoms with E-state index in [1.165, 1.54) is 23.3 Å². The highest BCUT2D eigenvalue weighted by Crippen LogP contribution is 2.19. The zero-order valence-corrected chi connectivity index (χ0v) is 16.2. The van der Waals surface area contributed by atoms with Gasteiger partial charge in [-0.25, -0.2) is 9.37 Å². The van der Waals surface area contributed by atoms with E-state index >= 15 is 0 Å². The molecule has 0 unspecified atom stereocenters. The van der Waals surface area contributed by atoms with E-state index in [1.54, 1.807) is 25.4 Å². The van der Waals surface area contributed by atoms with E-state index in [0.29, 0.717) is 18.9 Å². The van der Waals surface area contributed by atoms with Gasteiger partial charge in [-0.2, -0.15) is 0 Å². The van der Waals surface area contributed by atoms with Gasteiger partial charge in [-0.15, -0.1) is 0 Å². The summed E-state index contributed by atoms with van der Waals surface area (Å²) in [6, 6.07) is 14.5. The zero-order valence-electron chi connectivity index (χ0n) is 16.2. The second-order valence-corrected chi connectivity index (χ2v) is 6.38. The lowest BCUT2D eigenvalue weighted by Crippen LogP contribution is -2.38. The van der Waals surface area contributed by atoms with E-state index in [2.05, 4.69) is 51.8 Å². The third-order valence-electron chi connectivity index (χ3n) is 4.49. The number of hydrogen-bond donors (Lipinski definition) is 2. The molecule has 0 amide bonds. The molecule has 1 aromatic heterocycles. The van der Waals surface area contributed by atoms with Crippen molar-refractivity contribution >= 4 is 5.96 Å². The monoisotopic (exact) mass is 380 g/mol. The second kappa shape index (κ2) is 9.69. The lowest BCUT2D eigenvalue weighted by molar-refractivity contribution is 0.571. The molecule has 3 aromatic rings. The number of oxazole rings is 1. The number of nitrogens with one attached hydrogen (secondary N) is 2. The van der Waals surface area contributed by atoms with Gasteiger partial charge in [-0.1, -0.05) is 31.2 Å². The summed E-state index contributed by atoms with van der Waals surface area (Å²) in [6.45, 7) is 3.55. The Balaban J connectivity index is 1.49. The number of nitrogens with zero attached hydrogens (tertiary/aromatic N) is 2. The van der Waals surface area contributed by atoms with Crippen molar-refractivity contribution in [3.63, 3.8) is 0 Å². The molecular weight excluding hydrogens is 355 g/mol. The van der Waals surface area contributed by atoms with Crippen molar-refractivity contribution in [1.82, 2.24) is 15.6 Å². The van der Waals surface area contributed by atoms with Crippen molar-refractivity contribution < 1.29 is 8.81 Å². The van der Waals surface area contributed by atoms with Crippen molar-refractivity contribution in [2.75, 3.05) is 13.6 Å². The highest BCUT2D eigenvalue weighted by atomic mass is 19.1. The SMILES string of the molecule is CCc1ccccc1CNC(=NC)NCCc1coc(-c2ccc(F)cc2)n1. The van der Waals surface area contributed by atoms with Crippen LogP contribution in [0, 0.1) is 5.82 Å². The number of aliphatic imine (C=N–C) groups is 1. The van der Waals surface area contributed by atoms with Gasteiger partial charge in [0.1, 0.15) is 12.1 Å². The summed E-state index contributed by atoms with van der Waals surface area (Å²) in [4.78, 5) is 8.73. The fourth-order valence-corrected chi connectivity index (χ4v) is 2.93. The summed E-state index contributed by atoms with van der Waals surface area (Å²) in [5, 5.41) is 6.63. The molecular formula is C22H25FN4O. The van der Waals surface area contributed by atoms with E-state index in [4.69, 9.17) is 4.42 Å². The van der Waals surface area contributed by atoms with Crippen LogP contribution in [0.5, 0.6) is 0 Å². The Labute approximate surface area is 164 Å². The van der Waals surface area contributed by atoms with Crippen molar-refractivity contribution in [2.45, 2.75) is 26.3 Å². The first kappa shape index (κ1) is 19.6. The molecule has 0 saturated carbocycles. The van der Waals surface area contributed by atoms with Crippen LogP contribution in [0.25, 0.3) is 11.5 Å². The van der Waals surface area contributed by atoms with Crippen molar-refractivity contribution in [2.24, 2.45) is 4.99 Å². The Bertz CT molecular complexity index is 918. The number of benzene rings is 2. The summed E-state index contributed by atoms with van der Waals surface area (Å²) in [5.74, 6) is 0.960. The van der Waals surface area contributed by atoms with Crippen LogP contribution < -0.4 is 10.6 Å². The number of aromatic nitrogens is 1. The average Bonchev–Trinajstić information content (AvgIpc) is 3.20. The molecule has 28 heavy (non-hydrogen) atoms. The quantitative estimate of drug-likeness (QED) is 0.481. The Kier molecular flexibility index (Phi) is 6.78. The molecule has 146 valence electrons. The highest BCUT2D eigenvalue weighted by molar-refractivity contribution is 5.79. The molecule has 6 heteroatoms.